The third-order valence-corrected chi connectivity index (χ3v) is 5.04. The fraction of sp³-hybridized carbons (Fsp3) is 0.381. The number of hydrogen-bond donors (Lipinski definition) is 0. The Bertz CT molecular complexity index is 725. The number of nitrogens with zero attached hydrogens (tertiary/aromatic N) is 1. The van der Waals surface area contributed by atoms with Crippen LogP contribution in [0.15, 0.2) is 36.4 Å². The van der Waals surface area contributed by atoms with Crippen molar-refractivity contribution in [2.24, 2.45) is 5.92 Å². The molecule has 1 nitrogen and oxygen atoms in total. The fourth-order valence-corrected chi connectivity index (χ4v) is 3.53. The summed E-state index contributed by atoms with van der Waals surface area (Å²) in [6, 6.07) is 14.4. The van der Waals surface area contributed by atoms with Gasteiger partial charge in [-0.15, -0.1) is 0 Å². The monoisotopic (exact) mass is 307 g/mol. The summed E-state index contributed by atoms with van der Waals surface area (Å²) >= 11 is 0. The number of aryl methyl sites for hydroxylation is 2. The van der Waals surface area contributed by atoms with E-state index >= 15 is 0 Å². The first kappa shape index (κ1) is 15.7. The molecular weight excluding hydrogens is 285 g/mol. The fourth-order valence-electron chi connectivity index (χ4n) is 3.53. The first-order valence-corrected chi connectivity index (χ1v) is 8.49. The van der Waals surface area contributed by atoms with E-state index in [-0.39, 0.29) is 11.4 Å². The van der Waals surface area contributed by atoms with Crippen LogP contribution in [0.3, 0.4) is 0 Å². The van der Waals surface area contributed by atoms with Crippen molar-refractivity contribution >= 4 is 0 Å². The summed E-state index contributed by atoms with van der Waals surface area (Å²) in [7, 11) is 0. The molecule has 0 fully saturated rings. The van der Waals surface area contributed by atoms with Crippen molar-refractivity contribution in [3.05, 3.63) is 70.0 Å². The van der Waals surface area contributed by atoms with E-state index in [0.29, 0.717) is 5.92 Å². The highest BCUT2D eigenvalue weighted by molar-refractivity contribution is 5.41. The van der Waals surface area contributed by atoms with Gasteiger partial charge in [0.05, 0.1) is 5.56 Å². The lowest BCUT2D eigenvalue weighted by atomic mass is 9.80. The second kappa shape index (κ2) is 6.96. The molecule has 0 spiro atoms. The summed E-state index contributed by atoms with van der Waals surface area (Å²) < 4.78 is 14.2. The Morgan fingerprint density at radius 2 is 1.87 bits per heavy atom. The van der Waals surface area contributed by atoms with Crippen molar-refractivity contribution in [2.45, 2.75) is 45.4 Å². The second-order valence-electron chi connectivity index (χ2n) is 6.49. The summed E-state index contributed by atoms with van der Waals surface area (Å²) in [4.78, 5) is 0. The molecule has 0 N–H and O–H groups in total. The van der Waals surface area contributed by atoms with E-state index in [2.05, 4.69) is 31.2 Å². The first-order chi connectivity index (χ1) is 11.2. The van der Waals surface area contributed by atoms with Gasteiger partial charge in [0.1, 0.15) is 11.9 Å². The zero-order valence-corrected chi connectivity index (χ0v) is 13.6. The molecule has 2 aromatic rings. The molecule has 2 heteroatoms. The predicted molar refractivity (Wildman–Crippen MR) is 90.8 cm³/mol. The second-order valence-corrected chi connectivity index (χ2v) is 6.49. The minimum absolute atomic E-state index is 0.179. The van der Waals surface area contributed by atoms with Gasteiger partial charge in [0.2, 0.25) is 0 Å². The van der Waals surface area contributed by atoms with Gasteiger partial charge < -0.3 is 0 Å². The molecule has 0 radical (unpaired) electrons. The van der Waals surface area contributed by atoms with E-state index in [1.54, 1.807) is 6.07 Å². The number of fused-ring (bicyclic) bond motifs is 1. The van der Waals surface area contributed by atoms with E-state index < -0.39 is 0 Å². The number of benzene rings is 2. The van der Waals surface area contributed by atoms with E-state index in [4.69, 9.17) is 5.26 Å². The molecule has 23 heavy (non-hydrogen) atoms. The quantitative estimate of drug-likeness (QED) is 0.780. The average molecular weight is 307 g/mol. The van der Waals surface area contributed by atoms with Gasteiger partial charge >= 0.3 is 0 Å². The van der Waals surface area contributed by atoms with E-state index in [9.17, 15) is 4.39 Å². The van der Waals surface area contributed by atoms with Crippen LogP contribution in [-0.4, -0.2) is 0 Å². The van der Waals surface area contributed by atoms with Crippen LogP contribution < -0.4 is 0 Å². The van der Waals surface area contributed by atoms with Crippen molar-refractivity contribution in [3.8, 4) is 6.07 Å². The van der Waals surface area contributed by atoms with Gasteiger partial charge in [0, 0.05) is 0 Å². The molecule has 0 saturated carbocycles. The van der Waals surface area contributed by atoms with Gasteiger partial charge in [0.25, 0.3) is 0 Å². The zero-order valence-electron chi connectivity index (χ0n) is 13.6. The normalized spacial score (nSPS) is 16.7. The number of rotatable bonds is 4. The molecule has 1 atom stereocenters. The van der Waals surface area contributed by atoms with Crippen LogP contribution in [-0.2, 0) is 25.7 Å². The molecule has 3 rings (SSSR count). The van der Waals surface area contributed by atoms with Crippen molar-refractivity contribution in [2.75, 3.05) is 0 Å². The summed E-state index contributed by atoms with van der Waals surface area (Å²) in [6.45, 7) is 2.17. The Morgan fingerprint density at radius 1 is 1.13 bits per heavy atom. The topological polar surface area (TPSA) is 23.8 Å². The predicted octanol–water partition coefficient (Wildman–Crippen LogP) is 5.00. The molecule has 0 bridgehead atoms. The van der Waals surface area contributed by atoms with Crippen LogP contribution in [0.4, 0.5) is 4.39 Å². The lowest BCUT2D eigenvalue weighted by Gasteiger charge is -2.25. The highest BCUT2D eigenvalue weighted by atomic mass is 19.1. The molecule has 2 aromatic carbocycles. The van der Waals surface area contributed by atoms with Gasteiger partial charge in [-0.3, -0.25) is 0 Å². The van der Waals surface area contributed by atoms with Crippen LogP contribution in [0.25, 0.3) is 0 Å². The lowest BCUT2D eigenvalue weighted by molar-refractivity contribution is 0.418. The summed E-state index contributed by atoms with van der Waals surface area (Å²) in [5.41, 5.74) is 4.81. The van der Waals surface area contributed by atoms with Crippen LogP contribution >= 0.6 is 0 Å². The van der Waals surface area contributed by atoms with Gasteiger partial charge in [0.15, 0.2) is 0 Å². The molecule has 0 heterocycles. The van der Waals surface area contributed by atoms with Gasteiger partial charge in [-0.1, -0.05) is 37.3 Å². The van der Waals surface area contributed by atoms with Gasteiger partial charge in [-0.25, -0.2) is 4.39 Å². The molecule has 1 unspecified atom stereocenters. The Kier molecular flexibility index (Phi) is 4.76. The Morgan fingerprint density at radius 3 is 2.57 bits per heavy atom. The van der Waals surface area contributed by atoms with Crippen molar-refractivity contribution in [1.82, 2.24) is 0 Å². The Labute approximate surface area is 137 Å². The minimum Gasteiger partial charge on any atom is -0.205 e. The third-order valence-electron chi connectivity index (χ3n) is 5.04. The summed E-state index contributed by atoms with van der Waals surface area (Å²) in [5, 5.41) is 8.93. The Balaban J connectivity index is 1.63. The third kappa shape index (κ3) is 3.45. The van der Waals surface area contributed by atoms with Crippen LogP contribution in [0.5, 0.6) is 0 Å². The Hall–Kier alpha value is -2.14. The van der Waals surface area contributed by atoms with Crippen molar-refractivity contribution in [3.63, 3.8) is 0 Å². The molecule has 0 aliphatic heterocycles. The van der Waals surface area contributed by atoms with E-state index in [1.165, 1.54) is 11.1 Å². The molecule has 118 valence electrons. The minimum atomic E-state index is -0.293. The van der Waals surface area contributed by atoms with E-state index in [1.807, 2.05) is 12.1 Å². The summed E-state index contributed by atoms with van der Waals surface area (Å²) in [5.74, 6) is 0.319. The molecule has 0 aromatic heterocycles. The maximum Gasteiger partial charge on any atom is 0.144 e. The molecule has 0 amide bonds. The van der Waals surface area contributed by atoms with Crippen LogP contribution in [0.1, 0.15) is 47.6 Å². The van der Waals surface area contributed by atoms with Crippen LogP contribution in [0.2, 0.25) is 0 Å². The first-order valence-electron chi connectivity index (χ1n) is 8.49. The van der Waals surface area contributed by atoms with E-state index in [0.717, 1.165) is 49.7 Å². The van der Waals surface area contributed by atoms with Gasteiger partial charge in [-0.2, -0.15) is 5.26 Å². The SMILES string of the molecule is CCc1ccc(CCC2CCc3c(ccc(C#N)c3F)C2)cc1. The number of halogens is 1. The summed E-state index contributed by atoms with van der Waals surface area (Å²) in [6.07, 6.45) is 6.03. The average Bonchev–Trinajstić information content (AvgIpc) is 2.60. The molecule has 0 saturated heterocycles. The highest BCUT2D eigenvalue weighted by Crippen LogP contribution is 2.31. The maximum absolute atomic E-state index is 14.2. The highest BCUT2D eigenvalue weighted by Gasteiger charge is 2.22. The zero-order chi connectivity index (χ0) is 16.2. The smallest absolute Gasteiger partial charge is 0.144 e. The lowest BCUT2D eigenvalue weighted by Crippen LogP contribution is -2.17. The largest absolute Gasteiger partial charge is 0.205 e. The van der Waals surface area contributed by atoms with Crippen molar-refractivity contribution in [1.29, 1.82) is 5.26 Å². The van der Waals surface area contributed by atoms with Gasteiger partial charge in [-0.05, 0) is 72.8 Å². The molecule has 1 aliphatic carbocycles. The number of nitriles is 1. The molecular formula is C21H22FN. The maximum atomic E-state index is 14.2. The standard InChI is InChI=1S/C21H22FN/c1-2-15-3-5-16(6-4-15)7-8-17-9-12-20-18(13-17)10-11-19(14-23)21(20)22/h3-6,10-11,17H,2,7-9,12-13H2,1H3. The van der Waals surface area contributed by atoms with Crippen LogP contribution in [0, 0.1) is 23.1 Å². The van der Waals surface area contributed by atoms with Crippen molar-refractivity contribution < 1.29 is 4.39 Å². The number of hydrogen-bond acceptors (Lipinski definition) is 1. The molecule has 1 aliphatic rings.